The molecule has 2 aromatic rings. The molecular weight excluding hydrogens is 370 g/mol. The summed E-state index contributed by atoms with van der Waals surface area (Å²) < 4.78 is 0. The Hall–Kier alpha value is -2.04. The van der Waals surface area contributed by atoms with Gasteiger partial charge in [0.2, 0.25) is 5.91 Å². The molecule has 148 valence electrons. The minimum atomic E-state index is 0.296. The van der Waals surface area contributed by atoms with Crippen molar-refractivity contribution in [3.05, 3.63) is 64.7 Å². The molecule has 2 heterocycles. The molecule has 5 heteroatoms. The monoisotopic (exact) mass is 397 g/mol. The van der Waals surface area contributed by atoms with E-state index in [9.17, 15) is 4.79 Å². The molecular formula is C23H28ClN3O. The van der Waals surface area contributed by atoms with Crippen LogP contribution in [0.3, 0.4) is 0 Å². The van der Waals surface area contributed by atoms with E-state index in [1.165, 1.54) is 11.1 Å². The van der Waals surface area contributed by atoms with Crippen molar-refractivity contribution in [2.45, 2.75) is 25.8 Å². The van der Waals surface area contributed by atoms with Gasteiger partial charge in [0.25, 0.3) is 0 Å². The maximum absolute atomic E-state index is 12.6. The molecule has 2 aromatic carbocycles. The smallest absolute Gasteiger partial charge is 0.222 e. The number of benzene rings is 2. The molecule has 1 saturated heterocycles. The average molecular weight is 398 g/mol. The van der Waals surface area contributed by atoms with Crippen molar-refractivity contribution in [1.82, 2.24) is 9.80 Å². The predicted molar refractivity (Wildman–Crippen MR) is 115 cm³/mol. The second kappa shape index (κ2) is 8.97. The third-order valence-corrected chi connectivity index (χ3v) is 6.23. The highest BCUT2D eigenvalue weighted by Gasteiger charge is 2.21. The zero-order valence-electron chi connectivity index (χ0n) is 16.3. The van der Waals surface area contributed by atoms with E-state index in [-0.39, 0.29) is 0 Å². The SMILES string of the molecule is O=C(CCCN1CCN(c2ccccc2Cl)CC1)N1CCc2ccccc2C1. The number of piperazine rings is 1. The van der Waals surface area contributed by atoms with Crippen molar-refractivity contribution < 1.29 is 4.79 Å². The van der Waals surface area contributed by atoms with E-state index in [1.807, 2.05) is 23.1 Å². The lowest BCUT2D eigenvalue weighted by Gasteiger charge is -2.36. The van der Waals surface area contributed by atoms with Crippen LogP contribution in [-0.4, -0.2) is 55.0 Å². The summed E-state index contributed by atoms with van der Waals surface area (Å²) in [6, 6.07) is 16.5. The summed E-state index contributed by atoms with van der Waals surface area (Å²) in [5.74, 6) is 0.296. The minimum Gasteiger partial charge on any atom is -0.368 e. The van der Waals surface area contributed by atoms with Gasteiger partial charge in [0.05, 0.1) is 10.7 Å². The van der Waals surface area contributed by atoms with Crippen molar-refractivity contribution in [2.24, 2.45) is 0 Å². The van der Waals surface area contributed by atoms with E-state index in [0.29, 0.717) is 12.3 Å². The molecule has 1 fully saturated rings. The average Bonchev–Trinajstić information content (AvgIpc) is 2.74. The van der Waals surface area contributed by atoms with Crippen LogP contribution in [0, 0.1) is 0 Å². The molecule has 2 aliphatic rings. The number of hydrogen-bond donors (Lipinski definition) is 0. The van der Waals surface area contributed by atoms with Crippen LogP contribution in [0.15, 0.2) is 48.5 Å². The first kappa shape index (κ1) is 19.3. The molecule has 0 aromatic heterocycles. The maximum Gasteiger partial charge on any atom is 0.222 e. The second-order valence-corrected chi connectivity index (χ2v) is 8.12. The van der Waals surface area contributed by atoms with Crippen LogP contribution in [-0.2, 0) is 17.8 Å². The van der Waals surface area contributed by atoms with Gasteiger partial charge in [0.15, 0.2) is 0 Å². The number of nitrogens with zero attached hydrogens (tertiary/aromatic N) is 3. The number of halogens is 1. The van der Waals surface area contributed by atoms with Crippen molar-refractivity contribution >= 4 is 23.2 Å². The van der Waals surface area contributed by atoms with Crippen LogP contribution in [0.2, 0.25) is 5.02 Å². The standard InChI is InChI=1S/C23H28ClN3O/c24-21-8-3-4-9-22(21)26-16-14-25(15-17-26)12-5-10-23(28)27-13-11-19-6-1-2-7-20(19)18-27/h1-4,6-9H,5,10-18H2. The Kier molecular flexibility index (Phi) is 6.18. The number of rotatable bonds is 5. The molecule has 4 rings (SSSR count). The van der Waals surface area contributed by atoms with Crippen LogP contribution >= 0.6 is 11.6 Å². The van der Waals surface area contributed by atoms with Crippen LogP contribution in [0.1, 0.15) is 24.0 Å². The maximum atomic E-state index is 12.6. The Balaban J connectivity index is 1.19. The van der Waals surface area contributed by atoms with Gasteiger partial charge in [0, 0.05) is 45.7 Å². The molecule has 2 aliphatic heterocycles. The van der Waals surface area contributed by atoms with Gasteiger partial charge in [-0.1, -0.05) is 48.0 Å². The molecule has 0 saturated carbocycles. The third-order valence-electron chi connectivity index (χ3n) is 5.91. The van der Waals surface area contributed by atoms with Gasteiger partial charge in [-0.25, -0.2) is 0 Å². The molecule has 4 nitrogen and oxygen atoms in total. The lowest BCUT2D eigenvalue weighted by molar-refractivity contribution is -0.132. The van der Waals surface area contributed by atoms with Crippen LogP contribution in [0.25, 0.3) is 0 Å². The molecule has 1 amide bonds. The zero-order chi connectivity index (χ0) is 19.3. The van der Waals surface area contributed by atoms with Crippen LogP contribution in [0.4, 0.5) is 5.69 Å². The number of anilines is 1. The van der Waals surface area contributed by atoms with Gasteiger partial charge >= 0.3 is 0 Å². The van der Waals surface area contributed by atoms with Gasteiger partial charge in [-0.15, -0.1) is 0 Å². The van der Waals surface area contributed by atoms with E-state index in [4.69, 9.17) is 11.6 Å². The van der Waals surface area contributed by atoms with Gasteiger partial charge in [-0.2, -0.15) is 0 Å². The molecule has 28 heavy (non-hydrogen) atoms. The molecule has 0 aliphatic carbocycles. The minimum absolute atomic E-state index is 0.296. The van der Waals surface area contributed by atoms with E-state index >= 15 is 0 Å². The summed E-state index contributed by atoms with van der Waals surface area (Å²) in [5, 5.41) is 0.824. The quantitative estimate of drug-likeness (QED) is 0.767. The van der Waals surface area contributed by atoms with Crippen molar-refractivity contribution in [3.63, 3.8) is 0 Å². The topological polar surface area (TPSA) is 26.8 Å². The number of carbonyl (C=O) groups is 1. The van der Waals surface area contributed by atoms with Gasteiger partial charge in [-0.3, -0.25) is 9.69 Å². The lowest BCUT2D eigenvalue weighted by atomic mass is 9.99. The Morgan fingerprint density at radius 2 is 1.61 bits per heavy atom. The molecule has 0 bridgehead atoms. The third kappa shape index (κ3) is 4.50. The van der Waals surface area contributed by atoms with Crippen molar-refractivity contribution in [2.75, 3.05) is 44.2 Å². The van der Waals surface area contributed by atoms with E-state index in [2.05, 4.69) is 40.1 Å². The Morgan fingerprint density at radius 3 is 2.39 bits per heavy atom. The summed E-state index contributed by atoms with van der Waals surface area (Å²) in [5.41, 5.74) is 3.82. The van der Waals surface area contributed by atoms with Gasteiger partial charge in [0.1, 0.15) is 0 Å². The highest BCUT2D eigenvalue weighted by molar-refractivity contribution is 6.33. The predicted octanol–water partition coefficient (Wildman–Crippen LogP) is 3.83. The first-order valence-electron chi connectivity index (χ1n) is 10.3. The fourth-order valence-corrected chi connectivity index (χ4v) is 4.50. The molecule has 0 unspecified atom stereocenters. The highest BCUT2D eigenvalue weighted by atomic mass is 35.5. The molecule has 0 N–H and O–H groups in total. The lowest BCUT2D eigenvalue weighted by Crippen LogP contribution is -2.47. The number of para-hydroxylation sites is 1. The van der Waals surface area contributed by atoms with Crippen LogP contribution < -0.4 is 4.90 Å². The van der Waals surface area contributed by atoms with Crippen molar-refractivity contribution in [3.8, 4) is 0 Å². The normalized spacial score (nSPS) is 17.5. The summed E-state index contributed by atoms with van der Waals surface area (Å²) in [6.07, 6.45) is 2.56. The zero-order valence-corrected chi connectivity index (χ0v) is 17.1. The largest absolute Gasteiger partial charge is 0.368 e. The van der Waals surface area contributed by atoms with Crippen molar-refractivity contribution in [1.29, 1.82) is 0 Å². The number of fused-ring (bicyclic) bond motifs is 1. The highest BCUT2D eigenvalue weighted by Crippen LogP contribution is 2.26. The molecule has 0 spiro atoms. The Labute approximate surface area is 172 Å². The number of carbonyl (C=O) groups excluding carboxylic acids is 1. The van der Waals surface area contributed by atoms with E-state index < -0.39 is 0 Å². The summed E-state index contributed by atoms with van der Waals surface area (Å²) in [4.78, 5) is 19.5. The van der Waals surface area contributed by atoms with Gasteiger partial charge < -0.3 is 9.80 Å². The number of amides is 1. The molecule has 0 atom stereocenters. The summed E-state index contributed by atoms with van der Waals surface area (Å²) in [7, 11) is 0. The summed E-state index contributed by atoms with van der Waals surface area (Å²) >= 11 is 6.32. The first-order chi connectivity index (χ1) is 13.7. The fourth-order valence-electron chi connectivity index (χ4n) is 4.24. The molecule has 0 radical (unpaired) electrons. The Bertz CT molecular complexity index is 817. The Morgan fingerprint density at radius 1 is 0.893 bits per heavy atom. The first-order valence-corrected chi connectivity index (χ1v) is 10.6. The van der Waals surface area contributed by atoms with Crippen LogP contribution in [0.5, 0.6) is 0 Å². The summed E-state index contributed by atoms with van der Waals surface area (Å²) in [6.45, 7) is 6.64. The number of hydrogen-bond acceptors (Lipinski definition) is 3. The fraction of sp³-hybridized carbons (Fsp3) is 0.435. The van der Waals surface area contributed by atoms with E-state index in [1.54, 1.807) is 0 Å². The van der Waals surface area contributed by atoms with Gasteiger partial charge in [-0.05, 0) is 42.6 Å². The van der Waals surface area contributed by atoms with E-state index in [0.717, 1.165) is 69.4 Å². The second-order valence-electron chi connectivity index (χ2n) is 7.72.